The standard InChI is InChI=1S/C22H29N5O4/c1-3-31-19-16(6-4-10-23-19)20(29)27-12-5-8-22(15-28)9-13-26(14-18(22)27)21(30)17-7-11-24-25(17)2/h4,6-7,10-11,18,28H,3,5,8-9,12-15H2,1-2H3/t18-,22-/m0/s1. The smallest absolute Gasteiger partial charge is 0.272 e. The first-order valence-corrected chi connectivity index (χ1v) is 10.8. The molecule has 4 rings (SSSR count). The van der Waals surface area contributed by atoms with Crippen LogP contribution in [0.3, 0.4) is 0 Å². The highest BCUT2D eigenvalue weighted by Crippen LogP contribution is 2.43. The minimum atomic E-state index is -0.412. The van der Waals surface area contributed by atoms with E-state index >= 15 is 0 Å². The quantitative estimate of drug-likeness (QED) is 0.773. The predicted molar refractivity (Wildman–Crippen MR) is 113 cm³/mol. The largest absolute Gasteiger partial charge is 0.477 e. The van der Waals surface area contributed by atoms with E-state index in [-0.39, 0.29) is 24.5 Å². The van der Waals surface area contributed by atoms with E-state index in [0.717, 1.165) is 12.8 Å². The SMILES string of the molecule is CCOc1ncccc1C(=O)N1CCC[C@@]2(CO)CCN(C(=O)c3ccnn3C)C[C@H]12. The number of ether oxygens (including phenoxy) is 1. The lowest BCUT2D eigenvalue weighted by Crippen LogP contribution is -2.64. The van der Waals surface area contributed by atoms with Crippen molar-refractivity contribution in [2.24, 2.45) is 12.5 Å². The second kappa shape index (κ2) is 8.66. The zero-order valence-corrected chi connectivity index (χ0v) is 18.0. The third-order valence-electron chi connectivity index (χ3n) is 6.62. The number of aromatic nitrogens is 3. The topological polar surface area (TPSA) is 101 Å². The van der Waals surface area contributed by atoms with E-state index in [1.54, 1.807) is 47.2 Å². The van der Waals surface area contributed by atoms with Crippen LogP contribution in [0.5, 0.6) is 5.88 Å². The fourth-order valence-corrected chi connectivity index (χ4v) is 4.89. The molecule has 2 fully saturated rings. The van der Waals surface area contributed by atoms with E-state index < -0.39 is 5.41 Å². The third-order valence-corrected chi connectivity index (χ3v) is 6.62. The van der Waals surface area contributed by atoms with Crippen molar-refractivity contribution in [1.82, 2.24) is 24.6 Å². The number of rotatable bonds is 5. The molecule has 0 radical (unpaired) electrons. The Balaban J connectivity index is 1.64. The van der Waals surface area contributed by atoms with Crippen molar-refractivity contribution in [3.05, 3.63) is 41.9 Å². The lowest BCUT2D eigenvalue weighted by molar-refractivity contribution is -0.0581. The molecule has 9 nitrogen and oxygen atoms in total. The minimum Gasteiger partial charge on any atom is -0.477 e. The Bertz CT molecular complexity index is 961. The maximum atomic E-state index is 13.6. The van der Waals surface area contributed by atoms with Crippen LogP contribution in [-0.2, 0) is 7.05 Å². The summed E-state index contributed by atoms with van der Waals surface area (Å²) in [5.41, 5.74) is 0.509. The van der Waals surface area contributed by atoms with E-state index in [0.29, 0.717) is 49.8 Å². The van der Waals surface area contributed by atoms with Crippen LogP contribution in [0.15, 0.2) is 30.6 Å². The van der Waals surface area contributed by atoms with Crippen molar-refractivity contribution in [2.45, 2.75) is 32.2 Å². The highest BCUT2D eigenvalue weighted by molar-refractivity contribution is 5.97. The number of nitrogens with zero attached hydrogens (tertiary/aromatic N) is 5. The zero-order valence-electron chi connectivity index (χ0n) is 18.0. The minimum absolute atomic E-state index is 0.0133. The van der Waals surface area contributed by atoms with E-state index in [9.17, 15) is 14.7 Å². The number of hydrogen-bond acceptors (Lipinski definition) is 6. The molecule has 2 aliphatic heterocycles. The highest BCUT2D eigenvalue weighted by Gasteiger charge is 2.50. The Hall–Kier alpha value is -2.94. The summed E-state index contributed by atoms with van der Waals surface area (Å²) in [4.78, 5) is 34.5. The van der Waals surface area contributed by atoms with Crippen molar-refractivity contribution in [1.29, 1.82) is 0 Å². The molecule has 2 aromatic heterocycles. The lowest BCUT2D eigenvalue weighted by atomic mass is 9.68. The van der Waals surface area contributed by atoms with Crippen molar-refractivity contribution in [3.8, 4) is 5.88 Å². The first kappa shape index (κ1) is 21.3. The van der Waals surface area contributed by atoms with Crippen molar-refractivity contribution >= 4 is 11.8 Å². The first-order chi connectivity index (χ1) is 15.0. The maximum Gasteiger partial charge on any atom is 0.272 e. The molecule has 0 aromatic carbocycles. The monoisotopic (exact) mass is 427 g/mol. The highest BCUT2D eigenvalue weighted by atomic mass is 16.5. The number of fused-ring (bicyclic) bond motifs is 1. The molecule has 2 amide bonds. The van der Waals surface area contributed by atoms with Crippen LogP contribution >= 0.6 is 0 Å². The number of piperidine rings is 2. The van der Waals surface area contributed by atoms with Crippen LogP contribution in [0.1, 0.15) is 47.0 Å². The molecule has 0 aliphatic carbocycles. The van der Waals surface area contributed by atoms with Gasteiger partial charge in [-0.3, -0.25) is 14.3 Å². The van der Waals surface area contributed by atoms with Crippen LogP contribution < -0.4 is 4.74 Å². The molecule has 2 aromatic rings. The Morgan fingerprint density at radius 3 is 2.77 bits per heavy atom. The van der Waals surface area contributed by atoms with Crippen molar-refractivity contribution in [3.63, 3.8) is 0 Å². The number of aryl methyl sites for hydroxylation is 1. The number of amides is 2. The van der Waals surface area contributed by atoms with Gasteiger partial charge in [0.1, 0.15) is 11.3 Å². The zero-order chi connectivity index (χ0) is 22.0. The fourth-order valence-electron chi connectivity index (χ4n) is 4.89. The molecule has 0 unspecified atom stereocenters. The Morgan fingerprint density at radius 1 is 1.23 bits per heavy atom. The Morgan fingerprint density at radius 2 is 2.06 bits per heavy atom. The molecule has 166 valence electrons. The summed E-state index contributed by atoms with van der Waals surface area (Å²) in [6.45, 7) is 3.73. The van der Waals surface area contributed by atoms with Gasteiger partial charge in [-0.15, -0.1) is 0 Å². The predicted octanol–water partition coefficient (Wildman–Crippen LogP) is 1.34. The number of likely N-dealkylation sites (tertiary alicyclic amines) is 2. The van der Waals surface area contributed by atoms with Crippen LogP contribution in [-0.4, -0.2) is 80.4 Å². The fraction of sp³-hybridized carbons (Fsp3) is 0.545. The number of carbonyl (C=O) groups is 2. The van der Waals surface area contributed by atoms with Gasteiger partial charge in [-0.1, -0.05) is 0 Å². The molecule has 9 heteroatoms. The number of pyridine rings is 1. The summed E-state index contributed by atoms with van der Waals surface area (Å²) in [5, 5.41) is 14.4. The van der Waals surface area contributed by atoms with Gasteiger partial charge in [0.25, 0.3) is 11.8 Å². The molecule has 0 spiro atoms. The molecule has 0 saturated carbocycles. The summed E-state index contributed by atoms with van der Waals surface area (Å²) < 4.78 is 7.14. The van der Waals surface area contributed by atoms with E-state index in [1.807, 2.05) is 11.8 Å². The average molecular weight is 428 g/mol. The van der Waals surface area contributed by atoms with Gasteiger partial charge in [-0.05, 0) is 44.4 Å². The van der Waals surface area contributed by atoms with Crippen LogP contribution in [0.4, 0.5) is 0 Å². The molecular formula is C22H29N5O4. The first-order valence-electron chi connectivity index (χ1n) is 10.8. The number of hydrogen-bond donors (Lipinski definition) is 1. The van der Waals surface area contributed by atoms with E-state index in [2.05, 4.69) is 10.1 Å². The van der Waals surface area contributed by atoms with Crippen molar-refractivity contribution in [2.75, 3.05) is 32.8 Å². The normalized spacial score (nSPS) is 23.4. The molecule has 4 heterocycles. The Labute approximate surface area is 181 Å². The molecule has 2 aliphatic rings. The summed E-state index contributed by atoms with van der Waals surface area (Å²) in [7, 11) is 1.74. The summed E-state index contributed by atoms with van der Waals surface area (Å²) >= 11 is 0. The molecule has 31 heavy (non-hydrogen) atoms. The van der Waals surface area contributed by atoms with Crippen LogP contribution in [0.25, 0.3) is 0 Å². The average Bonchev–Trinajstić information content (AvgIpc) is 3.23. The summed E-state index contributed by atoms with van der Waals surface area (Å²) in [6.07, 6.45) is 5.49. The molecule has 2 atom stereocenters. The van der Waals surface area contributed by atoms with E-state index in [4.69, 9.17) is 4.74 Å². The molecular weight excluding hydrogens is 398 g/mol. The number of carbonyl (C=O) groups excluding carboxylic acids is 2. The van der Waals surface area contributed by atoms with Crippen molar-refractivity contribution < 1.29 is 19.4 Å². The maximum absolute atomic E-state index is 13.6. The van der Waals surface area contributed by atoms with Crippen LogP contribution in [0.2, 0.25) is 0 Å². The second-order valence-electron chi connectivity index (χ2n) is 8.27. The van der Waals surface area contributed by atoms with Gasteiger partial charge in [0.2, 0.25) is 5.88 Å². The summed E-state index contributed by atoms with van der Waals surface area (Å²) in [5.74, 6) is 0.0311. The number of aliphatic hydroxyl groups excluding tert-OH is 1. The van der Waals surface area contributed by atoms with Gasteiger partial charge in [0.05, 0.1) is 19.3 Å². The Kier molecular flexibility index (Phi) is 5.95. The van der Waals surface area contributed by atoms with Gasteiger partial charge < -0.3 is 19.6 Å². The number of aliphatic hydroxyl groups is 1. The van der Waals surface area contributed by atoms with Gasteiger partial charge in [0, 0.05) is 44.5 Å². The molecule has 0 bridgehead atoms. The third kappa shape index (κ3) is 3.78. The van der Waals surface area contributed by atoms with Gasteiger partial charge in [-0.2, -0.15) is 5.10 Å². The second-order valence-corrected chi connectivity index (χ2v) is 8.27. The van der Waals surface area contributed by atoms with Crippen LogP contribution in [0, 0.1) is 5.41 Å². The van der Waals surface area contributed by atoms with Gasteiger partial charge in [-0.25, -0.2) is 4.98 Å². The van der Waals surface area contributed by atoms with Gasteiger partial charge in [0.15, 0.2) is 0 Å². The summed E-state index contributed by atoms with van der Waals surface area (Å²) in [6, 6.07) is 4.86. The molecule has 2 saturated heterocycles. The van der Waals surface area contributed by atoms with E-state index in [1.165, 1.54) is 0 Å². The molecule has 1 N–H and O–H groups in total. The van der Waals surface area contributed by atoms with Gasteiger partial charge >= 0.3 is 0 Å². The lowest BCUT2D eigenvalue weighted by Gasteiger charge is -2.54.